The SMILES string of the molecule is CN(Cc1cncc(Br)c1)C1CCCCC1CN. The van der Waals surface area contributed by atoms with Crippen molar-refractivity contribution < 1.29 is 0 Å². The van der Waals surface area contributed by atoms with E-state index in [1.165, 1.54) is 31.2 Å². The fourth-order valence-electron chi connectivity index (χ4n) is 2.99. The van der Waals surface area contributed by atoms with Crippen LogP contribution in [0.1, 0.15) is 31.2 Å². The molecule has 2 unspecified atom stereocenters. The molecular weight excluding hydrogens is 290 g/mol. The first-order valence-corrected chi connectivity index (χ1v) is 7.49. The zero-order chi connectivity index (χ0) is 13.0. The number of nitrogens with zero attached hydrogens (tertiary/aromatic N) is 2. The van der Waals surface area contributed by atoms with Crippen molar-refractivity contribution in [3.8, 4) is 0 Å². The predicted molar refractivity (Wildman–Crippen MR) is 78.2 cm³/mol. The highest BCUT2D eigenvalue weighted by Gasteiger charge is 2.27. The maximum atomic E-state index is 5.90. The summed E-state index contributed by atoms with van der Waals surface area (Å²) in [6.07, 6.45) is 9.00. The molecule has 100 valence electrons. The van der Waals surface area contributed by atoms with Crippen molar-refractivity contribution in [1.82, 2.24) is 9.88 Å². The van der Waals surface area contributed by atoms with Crippen molar-refractivity contribution >= 4 is 15.9 Å². The molecular formula is C14H22BrN3. The summed E-state index contributed by atoms with van der Waals surface area (Å²) in [6.45, 7) is 1.76. The van der Waals surface area contributed by atoms with Crippen molar-refractivity contribution in [3.05, 3.63) is 28.5 Å². The van der Waals surface area contributed by atoms with Gasteiger partial charge in [-0.1, -0.05) is 12.8 Å². The number of nitrogens with two attached hydrogens (primary N) is 1. The van der Waals surface area contributed by atoms with Crippen LogP contribution in [0, 0.1) is 5.92 Å². The van der Waals surface area contributed by atoms with Crippen molar-refractivity contribution in [2.75, 3.05) is 13.6 Å². The van der Waals surface area contributed by atoms with Gasteiger partial charge in [0.1, 0.15) is 0 Å². The van der Waals surface area contributed by atoms with Crippen molar-refractivity contribution in [2.45, 2.75) is 38.3 Å². The molecule has 0 aromatic carbocycles. The van der Waals surface area contributed by atoms with E-state index in [9.17, 15) is 0 Å². The molecule has 0 bridgehead atoms. The van der Waals surface area contributed by atoms with Gasteiger partial charge in [0.2, 0.25) is 0 Å². The second kappa shape index (κ2) is 6.64. The van der Waals surface area contributed by atoms with Crippen LogP contribution in [0.25, 0.3) is 0 Å². The van der Waals surface area contributed by atoms with E-state index in [0.717, 1.165) is 17.6 Å². The van der Waals surface area contributed by atoms with Crippen molar-refractivity contribution in [1.29, 1.82) is 0 Å². The molecule has 2 atom stereocenters. The molecule has 4 heteroatoms. The molecule has 2 N–H and O–H groups in total. The monoisotopic (exact) mass is 311 g/mol. The van der Waals surface area contributed by atoms with Gasteiger partial charge >= 0.3 is 0 Å². The van der Waals surface area contributed by atoms with Gasteiger partial charge in [-0.15, -0.1) is 0 Å². The van der Waals surface area contributed by atoms with Crippen molar-refractivity contribution in [2.24, 2.45) is 11.7 Å². The zero-order valence-electron chi connectivity index (χ0n) is 11.0. The Kier molecular flexibility index (Phi) is 5.15. The summed E-state index contributed by atoms with van der Waals surface area (Å²) in [5.41, 5.74) is 7.16. The van der Waals surface area contributed by atoms with Gasteiger partial charge in [0, 0.05) is 29.5 Å². The smallest absolute Gasteiger partial charge is 0.0410 e. The summed E-state index contributed by atoms with van der Waals surface area (Å²) >= 11 is 3.47. The molecule has 1 fully saturated rings. The lowest BCUT2D eigenvalue weighted by atomic mass is 9.83. The summed E-state index contributed by atoms with van der Waals surface area (Å²) in [7, 11) is 2.21. The van der Waals surface area contributed by atoms with Gasteiger partial charge in [-0.05, 0) is 59.9 Å². The normalized spacial score (nSPS) is 24.4. The maximum Gasteiger partial charge on any atom is 0.0410 e. The molecule has 0 aliphatic heterocycles. The van der Waals surface area contributed by atoms with E-state index in [-0.39, 0.29) is 0 Å². The van der Waals surface area contributed by atoms with E-state index in [1.54, 1.807) is 0 Å². The van der Waals surface area contributed by atoms with E-state index < -0.39 is 0 Å². The van der Waals surface area contributed by atoms with Crippen molar-refractivity contribution in [3.63, 3.8) is 0 Å². The quantitative estimate of drug-likeness (QED) is 0.929. The number of halogens is 1. The van der Waals surface area contributed by atoms with Crippen LogP contribution in [-0.2, 0) is 6.54 Å². The summed E-state index contributed by atoms with van der Waals surface area (Å²) < 4.78 is 1.05. The molecule has 1 aliphatic rings. The second-order valence-electron chi connectivity index (χ2n) is 5.27. The average molecular weight is 312 g/mol. The molecule has 1 saturated carbocycles. The standard InChI is InChI=1S/C14H22BrN3/c1-18(10-11-6-13(15)9-17-8-11)14-5-3-2-4-12(14)7-16/h6,8-9,12,14H,2-5,7,10,16H2,1H3. The van der Waals surface area contributed by atoms with Crippen LogP contribution in [0.2, 0.25) is 0 Å². The van der Waals surface area contributed by atoms with Gasteiger partial charge in [0.05, 0.1) is 0 Å². The van der Waals surface area contributed by atoms with E-state index in [1.807, 2.05) is 12.4 Å². The lowest BCUT2D eigenvalue weighted by Gasteiger charge is -2.37. The van der Waals surface area contributed by atoms with Crippen LogP contribution >= 0.6 is 15.9 Å². The highest BCUT2D eigenvalue weighted by Crippen LogP contribution is 2.28. The van der Waals surface area contributed by atoms with Crippen LogP contribution in [-0.4, -0.2) is 29.5 Å². The lowest BCUT2D eigenvalue weighted by molar-refractivity contribution is 0.127. The first-order valence-electron chi connectivity index (χ1n) is 6.70. The lowest BCUT2D eigenvalue weighted by Crippen LogP contribution is -2.42. The highest BCUT2D eigenvalue weighted by molar-refractivity contribution is 9.10. The van der Waals surface area contributed by atoms with Gasteiger partial charge in [0.15, 0.2) is 0 Å². The Morgan fingerprint density at radius 2 is 2.17 bits per heavy atom. The number of hydrogen-bond donors (Lipinski definition) is 1. The van der Waals surface area contributed by atoms with Gasteiger partial charge in [0.25, 0.3) is 0 Å². The van der Waals surface area contributed by atoms with E-state index in [4.69, 9.17) is 5.73 Å². The van der Waals surface area contributed by atoms with Crippen LogP contribution in [0.3, 0.4) is 0 Å². The molecule has 1 aliphatic carbocycles. The summed E-state index contributed by atoms with van der Waals surface area (Å²) in [4.78, 5) is 6.67. The van der Waals surface area contributed by atoms with Crippen LogP contribution < -0.4 is 5.73 Å². The van der Waals surface area contributed by atoms with Crippen LogP contribution in [0.15, 0.2) is 22.9 Å². The minimum Gasteiger partial charge on any atom is -0.330 e. The molecule has 18 heavy (non-hydrogen) atoms. The van der Waals surface area contributed by atoms with E-state index in [2.05, 4.69) is 38.9 Å². The fourth-order valence-corrected chi connectivity index (χ4v) is 3.40. The number of pyridine rings is 1. The average Bonchev–Trinajstić information content (AvgIpc) is 2.38. The predicted octanol–water partition coefficient (Wildman–Crippen LogP) is 2.79. The Labute approximate surface area is 118 Å². The minimum absolute atomic E-state index is 0.628. The Bertz CT molecular complexity index is 383. The fraction of sp³-hybridized carbons (Fsp3) is 0.643. The van der Waals surface area contributed by atoms with Crippen LogP contribution in [0.4, 0.5) is 0 Å². The molecule has 2 rings (SSSR count). The third-order valence-electron chi connectivity index (χ3n) is 3.93. The largest absolute Gasteiger partial charge is 0.330 e. The molecule has 0 radical (unpaired) electrons. The first-order chi connectivity index (χ1) is 8.70. The summed E-state index contributed by atoms with van der Waals surface area (Å²) in [5, 5.41) is 0. The molecule has 1 heterocycles. The number of hydrogen-bond acceptors (Lipinski definition) is 3. The maximum absolute atomic E-state index is 5.90. The minimum atomic E-state index is 0.628. The van der Waals surface area contributed by atoms with Gasteiger partial charge in [-0.3, -0.25) is 9.88 Å². The third kappa shape index (κ3) is 3.53. The topological polar surface area (TPSA) is 42.2 Å². The van der Waals surface area contributed by atoms with Crippen LogP contribution in [0.5, 0.6) is 0 Å². The second-order valence-corrected chi connectivity index (χ2v) is 6.19. The third-order valence-corrected chi connectivity index (χ3v) is 4.37. The first kappa shape index (κ1) is 14.0. The molecule has 0 saturated heterocycles. The Hall–Kier alpha value is -0.450. The summed E-state index contributed by atoms with van der Waals surface area (Å²) in [6, 6.07) is 2.77. The molecule has 1 aromatic heterocycles. The van der Waals surface area contributed by atoms with Gasteiger partial charge in [-0.2, -0.15) is 0 Å². The molecule has 0 amide bonds. The Morgan fingerprint density at radius 3 is 2.89 bits per heavy atom. The molecule has 3 nitrogen and oxygen atoms in total. The highest BCUT2D eigenvalue weighted by atomic mass is 79.9. The van der Waals surface area contributed by atoms with Gasteiger partial charge in [-0.25, -0.2) is 0 Å². The molecule has 1 aromatic rings. The Morgan fingerprint density at radius 1 is 1.39 bits per heavy atom. The summed E-state index contributed by atoms with van der Waals surface area (Å²) in [5.74, 6) is 0.656. The molecule has 0 spiro atoms. The number of rotatable bonds is 4. The Balaban J connectivity index is 1.99. The van der Waals surface area contributed by atoms with Gasteiger partial charge < -0.3 is 5.73 Å². The zero-order valence-corrected chi connectivity index (χ0v) is 12.6. The number of aromatic nitrogens is 1. The van der Waals surface area contributed by atoms with E-state index >= 15 is 0 Å². The van der Waals surface area contributed by atoms with E-state index in [0.29, 0.717) is 12.0 Å².